The van der Waals surface area contributed by atoms with E-state index < -0.39 is 41.7 Å². The quantitative estimate of drug-likeness (QED) is 0.241. The summed E-state index contributed by atoms with van der Waals surface area (Å²) in [6.07, 6.45) is -5.37. The molecule has 2 heterocycles. The number of fused-ring (bicyclic) bond motifs is 1. The monoisotopic (exact) mass is 648 g/mol. The first-order valence-corrected chi connectivity index (χ1v) is 12.9. The summed E-state index contributed by atoms with van der Waals surface area (Å²) >= 11 is 0. The predicted octanol–water partition coefficient (Wildman–Crippen LogP) is -1.10. The summed E-state index contributed by atoms with van der Waals surface area (Å²) in [6.45, 7) is 1.76. The first-order valence-electron chi connectivity index (χ1n) is 12.9. The molecule has 2 aliphatic heterocycles. The molecule has 0 aliphatic carbocycles. The number of anilines is 2. The first-order chi connectivity index (χ1) is 19.6. The van der Waals surface area contributed by atoms with Crippen LogP contribution in [0.3, 0.4) is 0 Å². The number of alkyl halides is 3. The number of halogens is 4. The SMILES string of the molecule is COc1cccc(N2CCN(C3=Nc4c(F)cccc4[C@H](CC(=O)[O-])N3c3cccc(C(F)(F)F)c3OC)CC2)c1.O.O.O.[Na+]. The number of carbonyl (C=O) groups is 1. The van der Waals surface area contributed by atoms with Crippen molar-refractivity contribution in [1.82, 2.24) is 4.90 Å². The Morgan fingerprint density at radius 1 is 0.933 bits per heavy atom. The Hall–Kier alpha value is -3.60. The van der Waals surface area contributed by atoms with Gasteiger partial charge in [-0.2, -0.15) is 13.2 Å². The number of carboxylic acid groups (broad SMARTS) is 1. The second-order valence-electron chi connectivity index (χ2n) is 9.58. The van der Waals surface area contributed by atoms with E-state index in [2.05, 4.69) is 9.89 Å². The van der Waals surface area contributed by atoms with Gasteiger partial charge in [0.1, 0.15) is 17.3 Å². The number of para-hydroxylation sites is 2. The Morgan fingerprint density at radius 3 is 2.16 bits per heavy atom. The zero-order chi connectivity index (χ0) is 29.3. The van der Waals surface area contributed by atoms with Crippen molar-refractivity contribution in [2.45, 2.75) is 18.6 Å². The van der Waals surface area contributed by atoms with E-state index in [1.54, 1.807) is 7.11 Å². The smallest absolute Gasteiger partial charge is 0.550 e. The summed E-state index contributed by atoms with van der Waals surface area (Å²) in [4.78, 5) is 21.8. The van der Waals surface area contributed by atoms with Crippen LogP contribution >= 0.6 is 0 Å². The van der Waals surface area contributed by atoms with Crippen molar-refractivity contribution in [3.63, 3.8) is 0 Å². The number of ether oxygens (including phenoxy) is 2. The normalized spacial score (nSPS) is 15.6. The fourth-order valence-electron chi connectivity index (χ4n) is 5.33. The van der Waals surface area contributed by atoms with Crippen LogP contribution in [0.15, 0.2) is 65.7 Å². The van der Waals surface area contributed by atoms with Gasteiger partial charge in [-0.25, -0.2) is 9.38 Å². The molecule has 0 amide bonds. The molecule has 1 fully saturated rings. The molecule has 0 radical (unpaired) electrons. The van der Waals surface area contributed by atoms with E-state index in [0.29, 0.717) is 31.9 Å². The standard InChI is InChI=1S/C29H28F4N4O4.Na.3H2O/c1-40-19-7-3-6-18(16-19)35-12-14-36(15-13-35)28-34-26-20(8-4-10-22(26)30)24(17-25(38)39)37(28)23-11-5-9-21(27(23)41-2)29(31,32)33;;;;/h3-11,16,24H,12-15,17H2,1-2H3,(H,38,39);;3*1H2/q;+1;;;/p-1/t24-;;;;/m0..../s1. The van der Waals surface area contributed by atoms with Crippen LogP contribution in [0.5, 0.6) is 11.5 Å². The molecule has 1 atom stereocenters. The molecule has 3 aromatic carbocycles. The Labute approximate surface area is 278 Å². The maximum atomic E-state index is 15.1. The van der Waals surface area contributed by atoms with E-state index in [9.17, 15) is 23.1 Å². The number of carboxylic acids is 1. The molecule has 0 bridgehead atoms. The number of nitrogens with zero attached hydrogens (tertiary/aromatic N) is 4. The third-order valence-corrected chi connectivity index (χ3v) is 7.22. The summed E-state index contributed by atoms with van der Waals surface area (Å²) in [6, 6.07) is 14.1. The van der Waals surface area contributed by atoms with Crippen LogP contribution in [0.4, 0.5) is 34.6 Å². The van der Waals surface area contributed by atoms with Gasteiger partial charge in [0.05, 0.1) is 31.5 Å². The number of methoxy groups -OCH3 is 2. The minimum absolute atomic E-state index is 0. The fraction of sp³-hybridized carbons (Fsp3) is 0.310. The molecule has 0 aromatic heterocycles. The molecule has 2 aliphatic rings. The summed E-state index contributed by atoms with van der Waals surface area (Å²) in [5.74, 6) is -1.80. The first kappa shape index (κ1) is 39.4. The molecule has 0 saturated carbocycles. The summed E-state index contributed by atoms with van der Waals surface area (Å²) in [7, 11) is 2.69. The molecule has 16 heteroatoms. The van der Waals surface area contributed by atoms with E-state index in [0.717, 1.165) is 18.9 Å². The number of rotatable bonds is 6. The van der Waals surface area contributed by atoms with Crippen molar-refractivity contribution < 1.29 is 82.9 Å². The van der Waals surface area contributed by atoms with Gasteiger partial charge < -0.3 is 50.5 Å². The fourth-order valence-corrected chi connectivity index (χ4v) is 5.33. The molecule has 6 N–H and O–H groups in total. The van der Waals surface area contributed by atoms with E-state index in [1.807, 2.05) is 29.2 Å². The van der Waals surface area contributed by atoms with Crippen LogP contribution in [0.1, 0.15) is 23.6 Å². The van der Waals surface area contributed by atoms with Crippen LogP contribution in [0.25, 0.3) is 0 Å². The minimum Gasteiger partial charge on any atom is -0.550 e. The summed E-state index contributed by atoms with van der Waals surface area (Å²) < 4.78 is 67.6. The molecule has 240 valence electrons. The topological polar surface area (TPSA) is 175 Å². The van der Waals surface area contributed by atoms with Crippen molar-refractivity contribution in [1.29, 1.82) is 0 Å². The van der Waals surface area contributed by atoms with Crippen LogP contribution in [-0.2, 0) is 11.0 Å². The van der Waals surface area contributed by atoms with E-state index >= 15 is 4.39 Å². The summed E-state index contributed by atoms with van der Waals surface area (Å²) in [5, 5.41) is 11.9. The number of guanidine groups is 1. The molecule has 45 heavy (non-hydrogen) atoms. The second-order valence-corrected chi connectivity index (χ2v) is 9.58. The number of carbonyl (C=O) groups excluding carboxylic acids is 1. The Morgan fingerprint density at radius 2 is 1.56 bits per heavy atom. The van der Waals surface area contributed by atoms with Crippen molar-refractivity contribution in [2.24, 2.45) is 4.99 Å². The Kier molecular flexibility index (Phi) is 14.1. The molecule has 0 unspecified atom stereocenters. The number of aliphatic imine (C=N–C) groups is 1. The third-order valence-electron chi connectivity index (χ3n) is 7.22. The molecule has 11 nitrogen and oxygen atoms in total. The number of hydrogen-bond donors (Lipinski definition) is 0. The van der Waals surface area contributed by atoms with Crippen molar-refractivity contribution in [2.75, 3.05) is 50.2 Å². The van der Waals surface area contributed by atoms with Gasteiger partial charge in [0.15, 0.2) is 5.75 Å². The van der Waals surface area contributed by atoms with Crippen molar-refractivity contribution in [3.8, 4) is 11.5 Å². The van der Waals surface area contributed by atoms with E-state index in [-0.39, 0.29) is 68.9 Å². The van der Waals surface area contributed by atoms with Gasteiger partial charge in [0, 0.05) is 55.9 Å². The molecular weight excluding hydrogens is 615 g/mol. The van der Waals surface area contributed by atoms with Crippen molar-refractivity contribution in [3.05, 3.63) is 77.6 Å². The van der Waals surface area contributed by atoms with Gasteiger partial charge in [-0.1, -0.05) is 24.3 Å². The van der Waals surface area contributed by atoms with Crippen LogP contribution < -0.4 is 53.9 Å². The molecule has 5 rings (SSSR count). The predicted molar refractivity (Wildman–Crippen MR) is 154 cm³/mol. The molecule has 1 saturated heterocycles. The molecule has 0 spiro atoms. The minimum atomic E-state index is -4.75. The van der Waals surface area contributed by atoms with Crippen LogP contribution in [-0.4, -0.2) is 73.7 Å². The van der Waals surface area contributed by atoms with Gasteiger partial charge in [0.2, 0.25) is 5.96 Å². The largest absolute Gasteiger partial charge is 1.00 e. The van der Waals surface area contributed by atoms with Crippen LogP contribution in [0, 0.1) is 5.82 Å². The number of piperazine rings is 1. The Bertz CT molecular complexity index is 1490. The van der Waals surface area contributed by atoms with Crippen molar-refractivity contribution >= 4 is 29.0 Å². The average molecular weight is 649 g/mol. The van der Waals surface area contributed by atoms with Crippen LogP contribution in [0.2, 0.25) is 0 Å². The van der Waals surface area contributed by atoms with Gasteiger partial charge in [-0.05, 0) is 30.3 Å². The molecular formula is C29H33F4N4NaO7. The number of benzene rings is 3. The Balaban J connectivity index is 0.00000253. The molecule has 3 aromatic rings. The van der Waals surface area contributed by atoms with Gasteiger partial charge in [-0.15, -0.1) is 0 Å². The van der Waals surface area contributed by atoms with Gasteiger partial charge in [-0.3, -0.25) is 0 Å². The number of hydrogen-bond acceptors (Lipinski definition) is 8. The maximum absolute atomic E-state index is 15.1. The number of aliphatic carboxylic acids is 1. The second kappa shape index (κ2) is 16.1. The average Bonchev–Trinajstić information content (AvgIpc) is 2.96. The maximum Gasteiger partial charge on any atom is 1.00 e. The van der Waals surface area contributed by atoms with Gasteiger partial charge in [0.25, 0.3) is 0 Å². The van der Waals surface area contributed by atoms with Gasteiger partial charge >= 0.3 is 35.7 Å². The van der Waals surface area contributed by atoms with E-state index in [4.69, 9.17) is 9.47 Å². The zero-order valence-corrected chi connectivity index (χ0v) is 26.8. The third kappa shape index (κ3) is 7.98. The summed E-state index contributed by atoms with van der Waals surface area (Å²) in [5.41, 5.74) is 0.00481. The van der Waals surface area contributed by atoms with E-state index in [1.165, 1.54) is 35.2 Å². The zero-order valence-electron chi connectivity index (χ0n) is 24.8.